The summed E-state index contributed by atoms with van der Waals surface area (Å²) in [5, 5.41) is 22.9. The Hall–Kier alpha value is -4.40. The molecule has 296 valence electrons. The number of rotatable bonds is 7. The van der Waals surface area contributed by atoms with Crippen molar-refractivity contribution in [3.05, 3.63) is 58.7 Å². The third kappa shape index (κ3) is 10.4. The number of phenols is 1. The number of phenolic OH excluding ortho intramolecular Hbond substituents is 1. The van der Waals surface area contributed by atoms with Crippen molar-refractivity contribution in [2.45, 2.75) is 71.4 Å². The zero-order valence-electron chi connectivity index (χ0n) is 32.6. The summed E-state index contributed by atoms with van der Waals surface area (Å²) in [5.41, 5.74) is 4.88. The molecule has 0 spiro atoms. The molecule has 54 heavy (non-hydrogen) atoms. The highest BCUT2D eigenvalue weighted by Gasteiger charge is 2.33. The van der Waals surface area contributed by atoms with Crippen LogP contribution in [0.1, 0.15) is 54.9 Å². The van der Waals surface area contributed by atoms with Crippen LogP contribution in [0.3, 0.4) is 0 Å². The number of ether oxygens (including phenoxy) is 1. The molecule has 0 saturated carbocycles. The molecule has 0 bridgehead atoms. The van der Waals surface area contributed by atoms with Gasteiger partial charge in [0.05, 0.1) is 13.7 Å². The van der Waals surface area contributed by atoms with E-state index in [1.807, 2.05) is 60.9 Å². The van der Waals surface area contributed by atoms with E-state index in [9.17, 15) is 29.5 Å². The predicted octanol–water partition coefficient (Wildman–Crippen LogP) is 3.95. The van der Waals surface area contributed by atoms with Gasteiger partial charge in [-0.05, 0) is 80.7 Å². The number of hydrogen-bond acceptors (Lipinski definition) is 9. The van der Waals surface area contributed by atoms with Crippen LogP contribution in [0.15, 0.2) is 36.4 Å². The Morgan fingerprint density at radius 2 is 1.50 bits per heavy atom. The van der Waals surface area contributed by atoms with Gasteiger partial charge >= 0.3 is 12.1 Å². The SMILES string of the molecule is COC(=O)N1CCC(N2CCc3ccccc3NC2=O)CC1.Cc1cc(C[C@@H](C)C(=O)N2CCN(C3CCN(CC(=O)N(C)O)CC3)CC2)cc(C)c1O. The molecular weight excluding hydrogens is 690 g/mol. The number of methoxy groups -OCH3 is 1. The number of carbonyl (C=O) groups excluding carboxylic acids is 4. The van der Waals surface area contributed by atoms with E-state index < -0.39 is 0 Å². The lowest BCUT2D eigenvalue weighted by Gasteiger charge is -2.43. The summed E-state index contributed by atoms with van der Waals surface area (Å²) in [6.45, 7) is 13.0. The number of aryl methyl sites for hydroxylation is 2. The Labute approximate surface area is 319 Å². The van der Waals surface area contributed by atoms with Gasteiger partial charge in [0.1, 0.15) is 5.75 Å². The van der Waals surface area contributed by atoms with Crippen molar-refractivity contribution in [2.75, 3.05) is 84.9 Å². The predicted molar refractivity (Wildman–Crippen MR) is 205 cm³/mol. The molecular formula is C40H59N7O7. The molecule has 3 saturated heterocycles. The fraction of sp³-hybridized carbons (Fsp3) is 0.600. The Morgan fingerprint density at radius 1 is 0.889 bits per heavy atom. The van der Waals surface area contributed by atoms with Crippen LogP contribution in [0.25, 0.3) is 0 Å². The summed E-state index contributed by atoms with van der Waals surface area (Å²) in [6, 6.07) is 12.5. The lowest BCUT2D eigenvalue weighted by Crippen LogP contribution is -2.55. The largest absolute Gasteiger partial charge is 0.507 e. The van der Waals surface area contributed by atoms with Crippen molar-refractivity contribution in [1.82, 2.24) is 29.6 Å². The number of urea groups is 1. The minimum atomic E-state index is -0.286. The van der Waals surface area contributed by atoms with Crippen molar-refractivity contribution in [2.24, 2.45) is 5.92 Å². The van der Waals surface area contributed by atoms with Crippen molar-refractivity contribution in [3.8, 4) is 5.75 Å². The maximum atomic E-state index is 13.0. The number of carbonyl (C=O) groups is 4. The number of benzene rings is 2. The Kier molecular flexibility index (Phi) is 14.2. The summed E-state index contributed by atoms with van der Waals surface area (Å²) in [5.74, 6) is 0.175. The number of likely N-dealkylation sites (tertiary alicyclic amines) is 2. The van der Waals surface area contributed by atoms with Crippen LogP contribution < -0.4 is 5.32 Å². The number of hydroxylamine groups is 2. The minimum absolute atomic E-state index is 0.0403. The first-order valence-electron chi connectivity index (χ1n) is 19.3. The monoisotopic (exact) mass is 749 g/mol. The second kappa shape index (κ2) is 18.8. The maximum absolute atomic E-state index is 13.0. The quantitative estimate of drug-likeness (QED) is 0.283. The van der Waals surface area contributed by atoms with Gasteiger partial charge in [-0.1, -0.05) is 37.3 Å². The number of piperidine rings is 2. The molecule has 14 heteroatoms. The zero-order chi connectivity index (χ0) is 38.9. The first-order chi connectivity index (χ1) is 25.8. The number of para-hydroxylation sites is 1. The molecule has 1 atom stereocenters. The molecule has 3 N–H and O–H groups in total. The van der Waals surface area contributed by atoms with Gasteiger partial charge in [0.15, 0.2) is 0 Å². The van der Waals surface area contributed by atoms with Gasteiger partial charge in [0.2, 0.25) is 5.91 Å². The summed E-state index contributed by atoms with van der Waals surface area (Å²) < 4.78 is 4.75. The maximum Gasteiger partial charge on any atom is 0.409 e. The molecule has 14 nitrogen and oxygen atoms in total. The van der Waals surface area contributed by atoms with Crippen molar-refractivity contribution < 1.29 is 34.2 Å². The van der Waals surface area contributed by atoms with E-state index in [4.69, 9.17) is 4.74 Å². The van der Waals surface area contributed by atoms with Gasteiger partial charge in [-0.2, -0.15) is 0 Å². The highest BCUT2D eigenvalue weighted by atomic mass is 16.5. The number of hydrogen-bond donors (Lipinski definition) is 3. The number of amides is 5. The van der Waals surface area contributed by atoms with Crippen LogP contribution >= 0.6 is 0 Å². The Morgan fingerprint density at radius 3 is 2.11 bits per heavy atom. The summed E-state index contributed by atoms with van der Waals surface area (Å²) >= 11 is 0. The van der Waals surface area contributed by atoms with Gasteiger partial charge in [0, 0.05) is 89.6 Å². The molecule has 0 aliphatic carbocycles. The molecule has 0 radical (unpaired) electrons. The molecule has 6 rings (SSSR count). The van der Waals surface area contributed by atoms with E-state index in [2.05, 4.69) is 21.2 Å². The van der Waals surface area contributed by atoms with E-state index in [-0.39, 0.29) is 42.4 Å². The van der Waals surface area contributed by atoms with E-state index in [1.165, 1.54) is 19.7 Å². The fourth-order valence-corrected chi connectivity index (χ4v) is 8.19. The number of fused-ring (bicyclic) bond motifs is 1. The number of anilines is 1. The third-order valence-electron chi connectivity index (χ3n) is 11.4. The van der Waals surface area contributed by atoms with E-state index in [0.29, 0.717) is 42.9 Å². The molecule has 4 aliphatic rings. The number of likely N-dealkylation sites (N-methyl/N-ethyl adjacent to an activating group) is 1. The molecule has 5 amide bonds. The topological polar surface area (TPSA) is 149 Å². The number of piperazine rings is 1. The molecule has 4 heterocycles. The van der Waals surface area contributed by atoms with Crippen molar-refractivity contribution >= 4 is 29.6 Å². The smallest absolute Gasteiger partial charge is 0.409 e. The van der Waals surface area contributed by atoms with Gasteiger partial charge in [-0.25, -0.2) is 14.7 Å². The highest BCUT2D eigenvalue weighted by Crippen LogP contribution is 2.27. The first kappa shape index (κ1) is 40.8. The van der Waals surface area contributed by atoms with E-state index in [0.717, 1.165) is 93.8 Å². The summed E-state index contributed by atoms with van der Waals surface area (Å²) in [4.78, 5) is 58.9. The third-order valence-corrected chi connectivity index (χ3v) is 11.4. The normalized spacial score (nSPS) is 19.5. The van der Waals surface area contributed by atoms with Gasteiger partial charge < -0.3 is 29.9 Å². The summed E-state index contributed by atoms with van der Waals surface area (Å²) in [7, 11) is 2.76. The number of nitrogens with zero attached hydrogens (tertiary/aromatic N) is 6. The van der Waals surface area contributed by atoms with E-state index >= 15 is 0 Å². The second-order valence-electron chi connectivity index (χ2n) is 15.2. The number of nitrogens with one attached hydrogen (secondary N) is 1. The van der Waals surface area contributed by atoms with Crippen LogP contribution in [-0.4, -0.2) is 156 Å². The first-order valence-corrected chi connectivity index (χ1v) is 19.3. The molecule has 0 aromatic heterocycles. The average Bonchev–Trinajstić information content (AvgIpc) is 3.35. The molecule has 4 aliphatic heterocycles. The van der Waals surface area contributed by atoms with Crippen molar-refractivity contribution in [1.29, 1.82) is 0 Å². The molecule has 3 fully saturated rings. The number of aromatic hydroxyl groups is 1. The summed E-state index contributed by atoms with van der Waals surface area (Å²) in [6.07, 6.45) is 4.84. The van der Waals surface area contributed by atoms with Crippen LogP contribution in [0, 0.1) is 19.8 Å². The second-order valence-corrected chi connectivity index (χ2v) is 15.2. The van der Waals surface area contributed by atoms with Crippen LogP contribution in [0.4, 0.5) is 15.3 Å². The zero-order valence-corrected chi connectivity index (χ0v) is 32.6. The average molecular weight is 750 g/mol. The molecule has 0 unspecified atom stereocenters. The van der Waals surface area contributed by atoms with Gasteiger partial charge in [-0.15, -0.1) is 0 Å². The lowest BCUT2D eigenvalue weighted by atomic mass is 9.96. The van der Waals surface area contributed by atoms with Crippen LogP contribution in [0.5, 0.6) is 5.75 Å². The van der Waals surface area contributed by atoms with Crippen LogP contribution in [0.2, 0.25) is 0 Å². The highest BCUT2D eigenvalue weighted by molar-refractivity contribution is 5.91. The van der Waals surface area contributed by atoms with E-state index in [1.54, 1.807) is 4.90 Å². The minimum Gasteiger partial charge on any atom is -0.507 e. The van der Waals surface area contributed by atoms with Gasteiger partial charge in [0.25, 0.3) is 5.91 Å². The van der Waals surface area contributed by atoms with Gasteiger partial charge in [-0.3, -0.25) is 24.6 Å². The molecule has 2 aromatic carbocycles. The standard InChI is InChI=1S/C24H38N4O4.C16H21N3O3/c1-17-13-20(14-18(2)23(17)30)15-19(3)24(31)28-11-9-27(10-12-28)21-5-7-26(8-6-21)16-22(29)25(4)32;1-22-16(21)18-9-7-13(8-10-18)19-11-6-12-4-2-3-5-14(12)17-15(19)20/h13-14,19,21,30,32H,5-12,15-16H2,1-4H3;2-5,13H,6-11H2,1H3,(H,17,20)/t19-;/m1./s1. The Bertz CT molecular complexity index is 1590. The van der Waals surface area contributed by atoms with Crippen LogP contribution in [-0.2, 0) is 27.2 Å². The van der Waals surface area contributed by atoms with Crippen molar-refractivity contribution in [3.63, 3.8) is 0 Å². The fourth-order valence-electron chi connectivity index (χ4n) is 8.19. The Balaban J connectivity index is 0.000000222. The lowest BCUT2D eigenvalue weighted by molar-refractivity contribution is -0.160. The molecule has 2 aromatic rings.